The second kappa shape index (κ2) is 22.1. The van der Waals surface area contributed by atoms with Gasteiger partial charge in [-0.05, 0) is 66.5 Å². The zero-order valence-corrected chi connectivity index (χ0v) is 44.9. The summed E-state index contributed by atoms with van der Waals surface area (Å²) in [6, 6.07) is 18.1. The van der Waals surface area contributed by atoms with Crippen molar-refractivity contribution in [3.63, 3.8) is 0 Å². The van der Waals surface area contributed by atoms with Gasteiger partial charge >= 0.3 is 0 Å². The highest BCUT2D eigenvalue weighted by Crippen LogP contribution is 2.31. The van der Waals surface area contributed by atoms with Crippen LogP contribution in [-0.4, -0.2) is 160 Å². The number of hydrogen-bond donors (Lipinski definition) is 0. The van der Waals surface area contributed by atoms with Crippen LogP contribution in [0.4, 0.5) is 11.6 Å². The highest BCUT2D eigenvalue weighted by molar-refractivity contribution is 5.61. The Hall–Kier alpha value is -7.26. The van der Waals surface area contributed by atoms with E-state index in [1.807, 2.05) is 66.3 Å². The predicted molar refractivity (Wildman–Crippen MR) is 289 cm³/mol. The molecule has 12 rings (SSSR count). The fraction of sp³-hybridized carbons (Fsp3) is 0.464. The summed E-state index contributed by atoms with van der Waals surface area (Å²) in [5.74, 6) is 5.90. The molecule has 0 radical (unpaired) electrons. The molecule has 396 valence electrons. The van der Waals surface area contributed by atoms with Gasteiger partial charge < -0.3 is 28.7 Å². The average molecular weight is 1030 g/mol. The van der Waals surface area contributed by atoms with E-state index in [2.05, 4.69) is 112 Å². The summed E-state index contributed by atoms with van der Waals surface area (Å²) in [6.45, 7) is 26.5. The molecule has 0 spiro atoms. The third-order valence-corrected chi connectivity index (χ3v) is 15.2. The minimum absolute atomic E-state index is 0.0405. The second-order valence-electron chi connectivity index (χ2n) is 20.3. The monoisotopic (exact) mass is 1030 g/mol. The molecule has 4 atom stereocenters. The van der Waals surface area contributed by atoms with Crippen molar-refractivity contribution in [2.24, 2.45) is 0 Å². The first-order valence-electron chi connectivity index (χ1n) is 26.6. The number of fused-ring (bicyclic) bond motifs is 2. The number of nitrogens with zero attached hydrogens (tertiary/aromatic N) is 16. The Morgan fingerprint density at radius 3 is 1.25 bits per heavy atom. The predicted octanol–water partition coefficient (Wildman–Crippen LogP) is 7.11. The van der Waals surface area contributed by atoms with Crippen molar-refractivity contribution in [1.82, 2.24) is 68.9 Å². The van der Waals surface area contributed by atoms with E-state index in [4.69, 9.17) is 38.9 Å². The van der Waals surface area contributed by atoms with Crippen molar-refractivity contribution >= 4 is 23.2 Å². The molecule has 8 aromatic rings. The summed E-state index contributed by atoms with van der Waals surface area (Å²) in [4.78, 5) is 46.2. The van der Waals surface area contributed by atoms with Gasteiger partial charge in [-0.2, -0.15) is 19.0 Å². The molecule has 0 N–H and O–H groups in total. The maximum Gasteiger partial charge on any atom is 0.253 e. The zero-order valence-electron chi connectivity index (χ0n) is 44.9. The van der Waals surface area contributed by atoms with E-state index < -0.39 is 0 Å². The highest BCUT2D eigenvalue weighted by Gasteiger charge is 2.30. The third-order valence-electron chi connectivity index (χ3n) is 15.2. The summed E-state index contributed by atoms with van der Waals surface area (Å²) < 4.78 is 27.3. The Kier molecular flexibility index (Phi) is 14.8. The Morgan fingerprint density at radius 1 is 0.487 bits per heavy atom. The fourth-order valence-electron chi connectivity index (χ4n) is 10.7. The summed E-state index contributed by atoms with van der Waals surface area (Å²) >= 11 is 0. The van der Waals surface area contributed by atoms with Gasteiger partial charge in [0.15, 0.2) is 11.5 Å². The van der Waals surface area contributed by atoms with Gasteiger partial charge in [0.1, 0.15) is 35.5 Å². The largest absolute Gasteiger partial charge is 0.485 e. The van der Waals surface area contributed by atoms with Crippen molar-refractivity contribution in [2.45, 2.75) is 92.5 Å². The number of aryl methyl sites for hydroxylation is 6. The summed E-state index contributed by atoms with van der Waals surface area (Å²) in [7, 11) is 0. The Labute approximate surface area is 443 Å². The molecule has 0 saturated carbocycles. The van der Waals surface area contributed by atoms with Gasteiger partial charge in [-0.15, -0.1) is 10.2 Å². The summed E-state index contributed by atoms with van der Waals surface area (Å²) in [5.41, 5.74) is 10.0. The van der Waals surface area contributed by atoms with E-state index in [-0.39, 0.29) is 12.2 Å². The third kappa shape index (κ3) is 10.9. The van der Waals surface area contributed by atoms with Crippen molar-refractivity contribution in [2.75, 3.05) is 88.6 Å². The molecule has 0 unspecified atom stereocenters. The molecule has 4 aliphatic heterocycles. The van der Waals surface area contributed by atoms with Gasteiger partial charge in [0.2, 0.25) is 0 Å². The number of morpholine rings is 2. The molecular formula is C56H68N16O4. The summed E-state index contributed by atoms with van der Waals surface area (Å²) in [5, 5.41) is 8.89. The molecule has 20 heteroatoms. The first kappa shape index (κ1) is 50.9. The van der Waals surface area contributed by atoms with Crippen LogP contribution in [0.2, 0.25) is 0 Å². The van der Waals surface area contributed by atoms with Crippen molar-refractivity contribution < 1.29 is 18.9 Å². The van der Waals surface area contributed by atoms with Crippen LogP contribution in [0.3, 0.4) is 0 Å². The lowest BCUT2D eigenvalue weighted by molar-refractivity contribution is 0.0198. The quantitative estimate of drug-likeness (QED) is 0.120. The minimum Gasteiger partial charge on any atom is -0.485 e. The molecule has 10 heterocycles. The lowest BCUT2D eigenvalue weighted by Gasteiger charge is -2.32. The van der Waals surface area contributed by atoms with Crippen LogP contribution >= 0.6 is 0 Å². The molecule has 6 aromatic heterocycles. The molecule has 0 aliphatic carbocycles. The Morgan fingerprint density at radius 2 is 0.882 bits per heavy atom. The number of rotatable bonds is 12. The van der Waals surface area contributed by atoms with Gasteiger partial charge in [0.25, 0.3) is 11.6 Å². The maximum atomic E-state index is 6.42. The minimum atomic E-state index is 0.0405. The van der Waals surface area contributed by atoms with Crippen LogP contribution in [0.5, 0.6) is 11.5 Å². The number of anilines is 2. The smallest absolute Gasteiger partial charge is 0.253 e. The van der Waals surface area contributed by atoms with Crippen LogP contribution in [0.15, 0.2) is 73.3 Å². The van der Waals surface area contributed by atoms with Gasteiger partial charge in [-0.3, -0.25) is 19.8 Å². The van der Waals surface area contributed by atoms with E-state index in [0.29, 0.717) is 35.3 Å². The molecule has 20 nitrogen and oxygen atoms in total. The first-order chi connectivity index (χ1) is 36.9. The molecule has 0 bridgehead atoms. The van der Waals surface area contributed by atoms with Gasteiger partial charge in [0.05, 0.1) is 98.5 Å². The molecule has 4 saturated heterocycles. The van der Waals surface area contributed by atoms with E-state index in [1.54, 1.807) is 9.03 Å². The number of benzene rings is 2. The standard InChI is InChI=1S/2C28H34N8O2/c2*1-18-27(20(3)36-28(31-18)32-21(4)33-36)38-24-9-10-35(17-24)26-16-29-25(15-30-26)23-7-5-22(6-8-23)19(2)34-11-13-37-14-12-34/h2*5-8,15-16,19,24H,9-14,17H2,1-4H3/t19-,24+;19-,24-/m01/s1. The van der Waals surface area contributed by atoms with E-state index in [1.165, 1.54) is 11.1 Å². The zero-order chi connectivity index (χ0) is 52.5. The van der Waals surface area contributed by atoms with E-state index in [9.17, 15) is 0 Å². The fourth-order valence-corrected chi connectivity index (χ4v) is 10.7. The molecule has 76 heavy (non-hydrogen) atoms. The maximum absolute atomic E-state index is 6.42. The molecular weight excluding hydrogens is 961 g/mol. The number of aromatic nitrogens is 12. The lowest BCUT2D eigenvalue weighted by atomic mass is 10.0. The topological polar surface area (TPSA) is 188 Å². The summed E-state index contributed by atoms with van der Waals surface area (Å²) in [6.07, 6.45) is 9.34. The van der Waals surface area contributed by atoms with Crippen LogP contribution in [0.25, 0.3) is 34.1 Å². The van der Waals surface area contributed by atoms with Crippen LogP contribution in [0, 0.1) is 41.5 Å². The SMILES string of the molecule is Cc1nc2nc(C)c(O[C@@H]3CCN(c4cnc(-c5ccc([C@@H](C)N6CCOCC6)cc5)cn4)C3)c(C)n2n1.Cc1nc2nc(C)c(O[C@@H]3CCN(c4cnc(-c5ccc([C@H](C)N6CCOCC6)cc5)cn4)C3)c(C)n2n1. The van der Waals surface area contributed by atoms with Crippen molar-refractivity contribution in [1.29, 1.82) is 0 Å². The van der Waals surface area contributed by atoms with E-state index >= 15 is 0 Å². The van der Waals surface area contributed by atoms with Crippen LogP contribution < -0.4 is 19.3 Å². The van der Waals surface area contributed by atoms with Crippen LogP contribution in [0.1, 0.15) is 84.3 Å². The molecule has 2 aromatic carbocycles. The Balaban J connectivity index is 0.000000162. The normalized spacial score (nSPS) is 19.3. The first-order valence-corrected chi connectivity index (χ1v) is 26.6. The Bertz CT molecular complexity index is 3050. The van der Waals surface area contributed by atoms with Gasteiger partial charge in [0, 0.05) is 75.3 Å². The molecule has 4 fully saturated rings. The number of ether oxygens (including phenoxy) is 4. The van der Waals surface area contributed by atoms with Gasteiger partial charge in [-0.1, -0.05) is 48.5 Å². The average Bonchev–Trinajstić information content (AvgIpc) is 4.31. The second-order valence-corrected chi connectivity index (χ2v) is 20.3. The van der Waals surface area contributed by atoms with Crippen molar-refractivity contribution in [3.05, 3.63) is 119 Å². The van der Waals surface area contributed by atoms with Crippen LogP contribution in [-0.2, 0) is 9.47 Å². The highest BCUT2D eigenvalue weighted by atomic mass is 16.5. The molecule has 0 amide bonds. The lowest BCUT2D eigenvalue weighted by Crippen LogP contribution is -2.37. The van der Waals surface area contributed by atoms with Gasteiger partial charge in [-0.25, -0.2) is 19.9 Å². The van der Waals surface area contributed by atoms with E-state index in [0.717, 1.165) is 160 Å². The number of hydrogen-bond acceptors (Lipinski definition) is 18. The van der Waals surface area contributed by atoms with Crippen molar-refractivity contribution in [3.8, 4) is 34.0 Å². The molecule has 4 aliphatic rings.